The summed E-state index contributed by atoms with van der Waals surface area (Å²) < 4.78 is 38.1. The molecule has 0 saturated heterocycles. The van der Waals surface area contributed by atoms with Gasteiger partial charge in [-0.2, -0.15) is 13.2 Å². The SMILES string of the molecule is NC(=O)/C=C/c1c[nH]c2ncc(-c3ccc(C(=O)c4cnc(C(F)(F)F)s4)cc3)cc12. The first kappa shape index (κ1) is 20.5. The zero-order chi connectivity index (χ0) is 22.2. The molecular formula is C21H13F3N4O2S. The minimum atomic E-state index is -4.58. The van der Waals surface area contributed by atoms with Crippen LogP contribution in [-0.2, 0) is 11.0 Å². The van der Waals surface area contributed by atoms with Crippen LogP contribution in [0.5, 0.6) is 0 Å². The maximum atomic E-state index is 12.7. The number of pyridine rings is 1. The zero-order valence-corrected chi connectivity index (χ0v) is 16.4. The molecule has 0 radical (unpaired) electrons. The number of benzene rings is 1. The lowest BCUT2D eigenvalue weighted by Crippen LogP contribution is -2.04. The van der Waals surface area contributed by atoms with E-state index >= 15 is 0 Å². The molecule has 4 rings (SSSR count). The first-order valence-corrected chi connectivity index (χ1v) is 9.67. The summed E-state index contributed by atoms with van der Waals surface area (Å²) in [6.45, 7) is 0. The van der Waals surface area contributed by atoms with Gasteiger partial charge in [0.05, 0.1) is 4.88 Å². The highest BCUT2D eigenvalue weighted by atomic mass is 32.1. The number of H-pyrrole nitrogens is 1. The second kappa shape index (κ2) is 7.80. The van der Waals surface area contributed by atoms with Crippen LogP contribution in [-0.4, -0.2) is 26.6 Å². The van der Waals surface area contributed by atoms with Gasteiger partial charge in [0.2, 0.25) is 11.7 Å². The van der Waals surface area contributed by atoms with E-state index in [1.54, 1.807) is 42.7 Å². The number of hydrogen-bond acceptors (Lipinski definition) is 5. The summed E-state index contributed by atoms with van der Waals surface area (Å²) >= 11 is 0.315. The summed E-state index contributed by atoms with van der Waals surface area (Å²) in [6, 6.07) is 8.33. The van der Waals surface area contributed by atoms with E-state index in [4.69, 9.17) is 5.73 Å². The number of fused-ring (bicyclic) bond motifs is 1. The summed E-state index contributed by atoms with van der Waals surface area (Å²) in [4.78, 5) is 34.0. The Bertz CT molecular complexity index is 1320. The van der Waals surface area contributed by atoms with Crippen molar-refractivity contribution in [1.82, 2.24) is 15.0 Å². The second-order valence-corrected chi connectivity index (χ2v) is 7.56. The molecular weight excluding hydrogens is 429 g/mol. The monoisotopic (exact) mass is 442 g/mol. The molecule has 4 aromatic rings. The van der Waals surface area contributed by atoms with Crippen molar-refractivity contribution in [2.75, 3.05) is 0 Å². The van der Waals surface area contributed by atoms with E-state index in [0.717, 1.165) is 28.3 Å². The number of ketones is 1. The lowest BCUT2D eigenvalue weighted by molar-refractivity contribution is -0.137. The maximum Gasteiger partial charge on any atom is 0.443 e. The highest BCUT2D eigenvalue weighted by molar-refractivity contribution is 7.14. The van der Waals surface area contributed by atoms with Gasteiger partial charge < -0.3 is 10.7 Å². The van der Waals surface area contributed by atoms with Crippen molar-refractivity contribution in [1.29, 1.82) is 0 Å². The van der Waals surface area contributed by atoms with Crippen LogP contribution >= 0.6 is 11.3 Å². The van der Waals surface area contributed by atoms with Crippen LogP contribution < -0.4 is 5.73 Å². The van der Waals surface area contributed by atoms with Gasteiger partial charge in [-0.25, -0.2) is 9.97 Å². The van der Waals surface area contributed by atoms with E-state index in [9.17, 15) is 22.8 Å². The molecule has 0 bridgehead atoms. The summed E-state index contributed by atoms with van der Waals surface area (Å²) in [6.07, 6.45) is 2.54. The number of nitrogens with zero attached hydrogens (tertiary/aromatic N) is 2. The molecule has 0 unspecified atom stereocenters. The predicted molar refractivity (Wildman–Crippen MR) is 110 cm³/mol. The quantitative estimate of drug-likeness (QED) is 0.353. The number of hydrogen-bond donors (Lipinski definition) is 2. The Labute approximate surface area is 177 Å². The molecule has 0 spiro atoms. The fourth-order valence-electron chi connectivity index (χ4n) is 2.96. The van der Waals surface area contributed by atoms with Crippen LogP contribution in [0.4, 0.5) is 13.2 Å². The van der Waals surface area contributed by atoms with Crippen molar-refractivity contribution in [2.45, 2.75) is 6.18 Å². The van der Waals surface area contributed by atoms with Gasteiger partial charge in [-0.3, -0.25) is 9.59 Å². The average Bonchev–Trinajstić information content (AvgIpc) is 3.39. The van der Waals surface area contributed by atoms with Gasteiger partial charge >= 0.3 is 6.18 Å². The summed E-state index contributed by atoms with van der Waals surface area (Å²) in [5.41, 5.74) is 8.28. The van der Waals surface area contributed by atoms with Gasteiger partial charge in [-0.15, -0.1) is 11.3 Å². The molecule has 0 aliphatic heterocycles. The molecule has 0 fully saturated rings. The third-order valence-corrected chi connectivity index (χ3v) is 5.48. The maximum absolute atomic E-state index is 12.7. The highest BCUT2D eigenvalue weighted by Crippen LogP contribution is 2.33. The molecule has 31 heavy (non-hydrogen) atoms. The molecule has 3 heterocycles. The van der Waals surface area contributed by atoms with E-state index in [2.05, 4.69) is 15.0 Å². The van der Waals surface area contributed by atoms with Crippen molar-refractivity contribution < 1.29 is 22.8 Å². The Hall–Kier alpha value is -3.79. The lowest BCUT2D eigenvalue weighted by Gasteiger charge is -2.04. The van der Waals surface area contributed by atoms with E-state index in [-0.39, 0.29) is 10.4 Å². The van der Waals surface area contributed by atoms with Gasteiger partial charge in [-0.1, -0.05) is 24.3 Å². The van der Waals surface area contributed by atoms with E-state index < -0.39 is 22.9 Å². The number of aromatic amines is 1. The smallest absolute Gasteiger partial charge is 0.366 e. The number of thiazole rings is 1. The summed E-state index contributed by atoms with van der Waals surface area (Å²) in [5, 5.41) is -0.279. The van der Waals surface area contributed by atoms with Crippen LogP contribution in [0.2, 0.25) is 0 Å². The number of alkyl halides is 3. The van der Waals surface area contributed by atoms with Crippen LogP contribution in [0.25, 0.3) is 28.2 Å². The van der Waals surface area contributed by atoms with Gasteiger partial charge in [0.1, 0.15) is 5.65 Å². The summed E-state index contributed by atoms with van der Waals surface area (Å²) in [7, 11) is 0. The first-order valence-electron chi connectivity index (χ1n) is 8.85. The Morgan fingerprint density at radius 1 is 1.06 bits per heavy atom. The first-order chi connectivity index (χ1) is 14.7. The molecule has 0 saturated carbocycles. The second-order valence-electron chi connectivity index (χ2n) is 6.53. The molecule has 0 aliphatic rings. The van der Waals surface area contributed by atoms with Crippen LogP contribution in [0.3, 0.4) is 0 Å². The number of nitrogens with two attached hydrogens (primary N) is 1. The third-order valence-electron chi connectivity index (χ3n) is 4.44. The normalized spacial score (nSPS) is 12.0. The molecule has 10 heteroatoms. The van der Waals surface area contributed by atoms with Gasteiger partial charge in [0.15, 0.2) is 5.01 Å². The minimum Gasteiger partial charge on any atom is -0.366 e. The standard InChI is InChI=1S/C21H13F3N4O2S/c22-21(23,24)20-28-10-16(31-20)18(30)12-3-1-11(2-4-12)14-7-15-13(5-6-17(25)29)8-26-19(15)27-9-14/h1-10H,(H2,25,29)(H,26,27)/b6-5+. The largest absolute Gasteiger partial charge is 0.443 e. The molecule has 3 N–H and O–H groups in total. The van der Waals surface area contributed by atoms with E-state index in [1.807, 2.05) is 6.07 Å². The zero-order valence-electron chi connectivity index (χ0n) is 15.6. The number of amides is 1. The molecule has 3 aromatic heterocycles. The number of aromatic nitrogens is 3. The predicted octanol–water partition coefficient (Wildman–Crippen LogP) is 4.43. The topological polar surface area (TPSA) is 102 Å². The lowest BCUT2D eigenvalue weighted by atomic mass is 10.0. The molecule has 6 nitrogen and oxygen atoms in total. The van der Waals surface area contributed by atoms with Crippen LogP contribution in [0, 0.1) is 0 Å². The molecule has 0 atom stereocenters. The molecule has 156 valence electrons. The Kier molecular flexibility index (Phi) is 5.15. The molecule has 0 aliphatic carbocycles. The van der Waals surface area contributed by atoms with Crippen molar-refractivity contribution in [3.05, 3.63) is 76.0 Å². The fraction of sp³-hybridized carbons (Fsp3) is 0.0476. The van der Waals surface area contributed by atoms with E-state index in [1.165, 1.54) is 6.08 Å². The number of carbonyl (C=O) groups excluding carboxylic acids is 2. The number of nitrogens with one attached hydrogen (secondary N) is 1. The van der Waals surface area contributed by atoms with Crippen molar-refractivity contribution >= 4 is 40.1 Å². The fourth-order valence-corrected chi connectivity index (χ4v) is 3.70. The third kappa shape index (κ3) is 4.24. The summed E-state index contributed by atoms with van der Waals surface area (Å²) in [5.74, 6) is -1.10. The molecule has 1 amide bonds. The minimum absolute atomic E-state index is 0.0821. The van der Waals surface area contributed by atoms with Crippen LogP contribution in [0.15, 0.2) is 55.0 Å². The number of halogens is 3. The Morgan fingerprint density at radius 3 is 2.45 bits per heavy atom. The highest BCUT2D eigenvalue weighted by Gasteiger charge is 2.35. The van der Waals surface area contributed by atoms with Crippen molar-refractivity contribution in [3.63, 3.8) is 0 Å². The van der Waals surface area contributed by atoms with Crippen molar-refractivity contribution in [3.8, 4) is 11.1 Å². The van der Waals surface area contributed by atoms with Gasteiger partial charge in [-0.05, 0) is 17.7 Å². The number of carbonyl (C=O) groups is 2. The Balaban J connectivity index is 1.61. The number of primary amides is 1. The molecule has 1 aromatic carbocycles. The number of rotatable bonds is 5. The van der Waals surface area contributed by atoms with Gasteiger partial charge in [0, 0.05) is 46.7 Å². The average molecular weight is 442 g/mol. The Morgan fingerprint density at radius 2 is 1.81 bits per heavy atom. The van der Waals surface area contributed by atoms with Crippen molar-refractivity contribution in [2.24, 2.45) is 5.73 Å². The van der Waals surface area contributed by atoms with Gasteiger partial charge in [0.25, 0.3) is 0 Å². The van der Waals surface area contributed by atoms with Crippen LogP contribution in [0.1, 0.15) is 25.8 Å². The van der Waals surface area contributed by atoms with E-state index in [0.29, 0.717) is 17.0 Å².